The van der Waals surface area contributed by atoms with E-state index in [0.717, 1.165) is 6.54 Å². The number of hydrogen-bond donors (Lipinski definition) is 1. The summed E-state index contributed by atoms with van der Waals surface area (Å²) in [5.41, 5.74) is 0. The summed E-state index contributed by atoms with van der Waals surface area (Å²) < 4.78 is 10.9. The molecule has 0 rings (SSSR count). The van der Waals surface area contributed by atoms with Crippen molar-refractivity contribution in [1.82, 2.24) is 4.90 Å². The molecule has 0 spiro atoms. The fourth-order valence-electron chi connectivity index (χ4n) is 1.95. The maximum absolute atomic E-state index is 10.5. The van der Waals surface area contributed by atoms with Crippen LogP contribution < -0.4 is 0 Å². The van der Waals surface area contributed by atoms with E-state index in [1.54, 1.807) is 12.2 Å². The van der Waals surface area contributed by atoms with Gasteiger partial charge in [0.1, 0.15) is 0 Å². The molecular formula is C14H30NO3P. The molecule has 0 aliphatic carbocycles. The average molecular weight is 291 g/mol. The van der Waals surface area contributed by atoms with Gasteiger partial charge in [-0.05, 0) is 0 Å². The Hall–Kier alpha value is -0.250. The summed E-state index contributed by atoms with van der Waals surface area (Å²) in [4.78, 5) is 12.8. The third-order valence-corrected chi connectivity index (χ3v) is 4.96. The number of rotatable bonds is 11. The minimum atomic E-state index is -3.13. The Kier molecular flexibility index (Phi) is 9.50. The first-order valence-corrected chi connectivity index (χ1v) is 8.81. The van der Waals surface area contributed by atoms with E-state index in [-0.39, 0.29) is 0 Å². The molecule has 0 aromatic heterocycles. The zero-order valence-corrected chi connectivity index (χ0v) is 13.8. The Balaban J connectivity index is 4.52. The quantitative estimate of drug-likeness (QED) is 0.469. The Morgan fingerprint density at radius 3 is 1.79 bits per heavy atom. The van der Waals surface area contributed by atoms with Gasteiger partial charge in [0, 0.05) is 0 Å². The predicted molar refractivity (Wildman–Crippen MR) is 84.7 cm³/mol. The monoisotopic (exact) mass is 291 g/mol. The first-order chi connectivity index (χ1) is 8.86. The fraction of sp³-hybridized carbons (Fsp3) is 0.714. The molecule has 0 bridgehead atoms. The van der Waals surface area contributed by atoms with Gasteiger partial charge in [-0.2, -0.15) is 0 Å². The molecule has 0 saturated carbocycles. The normalized spacial score (nSPS) is 13.3. The van der Waals surface area contributed by atoms with Crippen LogP contribution in [0.5, 0.6) is 0 Å². The molecule has 0 fully saturated rings. The molecule has 0 amide bonds. The Morgan fingerprint density at radius 1 is 1.05 bits per heavy atom. The fourth-order valence-corrected chi connectivity index (χ4v) is 3.62. The Labute approximate surface area is 118 Å². The van der Waals surface area contributed by atoms with Gasteiger partial charge in [-0.3, -0.25) is 0 Å². The molecule has 0 atom stereocenters. The molecular weight excluding hydrogens is 261 g/mol. The zero-order valence-electron chi connectivity index (χ0n) is 12.8. The van der Waals surface area contributed by atoms with Crippen molar-refractivity contribution in [3.05, 3.63) is 25.3 Å². The van der Waals surface area contributed by atoms with Crippen LogP contribution in [0.1, 0.15) is 27.7 Å². The van der Waals surface area contributed by atoms with E-state index >= 15 is 0 Å². The molecule has 0 radical (unpaired) electrons. The third kappa shape index (κ3) is 7.81. The summed E-state index contributed by atoms with van der Waals surface area (Å²) >= 11 is 0. The van der Waals surface area contributed by atoms with Gasteiger partial charge >= 0.3 is 118 Å². The summed E-state index contributed by atoms with van der Waals surface area (Å²) in [6.07, 6.45) is 3.76. The van der Waals surface area contributed by atoms with Crippen LogP contribution in [0.4, 0.5) is 0 Å². The van der Waals surface area contributed by atoms with Crippen molar-refractivity contribution in [2.75, 3.05) is 25.9 Å². The van der Waals surface area contributed by atoms with E-state index in [1.165, 1.54) is 0 Å². The molecule has 4 nitrogen and oxygen atoms in total. The van der Waals surface area contributed by atoms with E-state index < -0.39 is 7.94 Å². The third-order valence-electron chi connectivity index (χ3n) is 2.87. The predicted octanol–water partition coefficient (Wildman–Crippen LogP) is 3.00. The second-order valence-electron chi connectivity index (χ2n) is 5.09. The van der Waals surface area contributed by atoms with Crippen LogP contribution in [0.15, 0.2) is 25.3 Å². The summed E-state index contributed by atoms with van der Waals surface area (Å²) in [5, 5.41) is 0. The maximum atomic E-state index is 10.5. The van der Waals surface area contributed by atoms with Gasteiger partial charge in [-0.1, -0.05) is 0 Å². The van der Waals surface area contributed by atoms with Gasteiger partial charge in [-0.15, -0.1) is 0 Å². The summed E-state index contributed by atoms with van der Waals surface area (Å²) in [7, 11) is -3.13. The van der Waals surface area contributed by atoms with Crippen LogP contribution >= 0.6 is 7.94 Å². The van der Waals surface area contributed by atoms with Crippen molar-refractivity contribution in [3.63, 3.8) is 0 Å². The Bertz CT molecular complexity index is 249. The van der Waals surface area contributed by atoms with Crippen LogP contribution in [-0.4, -0.2) is 47.8 Å². The van der Waals surface area contributed by atoms with Crippen LogP contribution in [0, 0.1) is 0 Å². The van der Waals surface area contributed by atoms with Gasteiger partial charge < -0.3 is 0 Å². The second kappa shape index (κ2) is 9.62. The van der Waals surface area contributed by atoms with Gasteiger partial charge in [0.05, 0.1) is 0 Å². The molecule has 0 aromatic rings. The van der Waals surface area contributed by atoms with Crippen molar-refractivity contribution < 1.29 is 13.9 Å². The van der Waals surface area contributed by atoms with Crippen LogP contribution in [0.2, 0.25) is 0 Å². The summed E-state index contributed by atoms with van der Waals surface area (Å²) in [6, 6.07) is 0.856. The van der Waals surface area contributed by atoms with Crippen molar-refractivity contribution in [3.8, 4) is 0 Å². The topological polar surface area (TPSA) is 41.9 Å². The molecule has 0 saturated heterocycles. The first kappa shape index (κ1) is 18.8. The molecule has 5 heteroatoms. The Morgan fingerprint density at radius 2 is 1.47 bits per heavy atom. The van der Waals surface area contributed by atoms with Gasteiger partial charge in [0.2, 0.25) is 0 Å². The van der Waals surface area contributed by atoms with E-state index in [9.17, 15) is 4.89 Å². The minimum absolute atomic E-state index is 0.309. The van der Waals surface area contributed by atoms with Crippen molar-refractivity contribution in [2.45, 2.75) is 39.8 Å². The summed E-state index contributed by atoms with van der Waals surface area (Å²) in [5.74, 6) is 0. The van der Waals surface area contributed by atoms with Crippen molar-refractivity contribution in [2.24, 2.45) is 0 Å². The SMILES string of the molecule is C=CCO[PH](O)(CCN(C(C)C)C(C)C)OCC=C. The first-order valence-electron chi connectivity index (χ1n) is 6.84. The van der Waals surface area contributed by atoms with Gasteiger partial charge in [0.25, 0.3) is 0 Å². The molecule has 0 aromatic carbocycles. The molecule has 0 aliphatic rings. The summed E-state index contributed by atoms with van der Waals surface area (Å²) in [6.45, 7) is 17.2. The molecule has 0 heterocycles. The number of nitrogens with zero attached hydrogens (tertiary/aromatic N) is 1. The second-order valence-corrected chi connectivity index (χ2v) is 7.59. The van der Waals surface area contributed by atoms with Crippen LogP contribution in [0.3, 0.4) is 0 Å². The van der Waals surface area contributed by atoms with E-state index in [4.69, 9.17) is 9.05 Å². The van der Waals surface area contributed by atoms with Crippen LogP contribution in [0.25, 0.3) is 0 Å². The molecule has 0 aliphatic heterocycles. The van der Waals surface area contributed by atoms with Gasteiger partial charge in [-0.25, -0.2) is 0 Å². The van der Waals surface area contributed by atoms with Crippen molar-refractivity contribution in [1.29, 1.82) is 0 Å². The van der Waals surface area contributed by atoms with Crippen LogP contribution in [-0.2, 0) is 9.05 Å². The average Bonchev–Trinajstić information content (AvgIpc) is 2.33. The van der Waals surface area contributed by atoms with Crippen molar-refractivity contribution >= 4 is 7.94 Å². The van der Waals surface area contributed by atoms with E-state index in [1.807, 2.05) is 0 Å². The van der Waals surface area contributed by atoms with E-state index in [0.29, 0.717) is 31.5 Å². The number of hydrogen-bond acceptors (Lipinski definition) is 4. The molecule has 0 unspecified atom stereocenters. The van der Waals surface area contributed by atoms with Gasteiger partial charge in [0.15, 0.2) is 0 Å². The molecule has 19 heavy (non-hydrogen) atoms. The zero-order chi connectivity index (χ0) is 14.9. The molecule has 1 N–H and O–H groups in total. The standard InChI is InChI=1S/C14H30NO3P/c1-7-10-17-19(16,18-11-8-2)12-9-15(13(3)4)14(5)6/h7-8,13-14,16,19H,1-2,9-12H2,3-6H3. The van der Waals surface area contributed by atoms with E-state index in [2.05, 4.69) is 45.8 Å². The molecule has 114 valence electrons.